The molecular weight excluding hydrogens is 479 g/mol. The molecule has 0 spiro atoms. The molecule has 0 fully saturated rings. The fourth-order valence-corrected chi connectivity index (χ4v) is 2.27. The van der Waals surface area contributed by atoms with Crippen LogP contribution in [-0.2, 0) is 13.6 Å². The first kappa shape index (κ1) is 23.2. The van der Waals surface area contributed by atoms with Gasteiger partial charge in [-0.2, -0.15) is 0 Å². The molecule has 1 aromatic heterocycles. The number of halogens is 2. The number of guanidine groups is 1. The molecule has 1 heterocycles. The van der Waals surface area contributed by atoms with E-state index in [4.69, 9.17) is 16.3 Å². The number of nitrogens with one attached hydrogen (secondary N) is 1. The molecule has 2 rings (SSSR count). The van der Waals surface area contributed by atoms with Crippen molar-refractivity contribution in [2.75, 3.05) is 26.7 Å². The lowest BCUT2D eigenvalue weighted by Gasteiger charge is -2.22. The molecule has 2 aromatic rings. The highest BCUT2D eigenvalue weighted by Gasteiger charge is 2.08. The molecule has 9 heteroatoms. The predicted molar refractivity (Wildman–Crippen MR) is 120 cm³/mol. The molecular formula is C18H26ClIN6O. The van der Waals surface area contributed by atoms with Crippen LogP contribution in [0.25, 0.3) is 0 Å². The van der Waals surface area contributed by atoms with Gasteiger partial charge in [0.1, 0.15) is 24.7 Å². The van der Waals surface area contributed by atoms with Gasteiger partial charge in [-0.1, -0.05) is 17.7 Å². The molecule has 0 aliphatic carbocycles. The molecule has 0 unspecified atom stereocenters. The third-order valence-corrected chi connectivity index (χ3v) is 4.08. The van der Waals surface area contributed by atoms with Gasteiger partial charge in [0.25, 0.3) is 0 Å². The van der Waals surface area contributed by atoms with Gasteiger partial charge >= 0.3 is 0 Å². The Labute approximate surface area is 182 Å². The number of ether oxygens (including phenoxy) is 1. The molecule has 27 heavy (non-hydrogen) atoms. The summed E-state index contributed by atoms with van der Waals surface area (Å²) in [4.78, 5) is 6.63. The molecule has 0 aliphatic rings. The number of nitrogens with zero attached hydrogens (tertiary/aromatic N) is 5. The van der Waals surface area contributed by atoms with Gasteiger partial charge in [0.05, 0.1) is 6.54 Å². The molecule has 0 atom stereocenters. The SMILES string of the molecule is C=CCNC(=NCc1nnc(C)n1C)N(C)CCOc1ccc(Cl)cc1.I. The lowest BCUT2D eigenvalue weighted by atomic mass is 10.3. The van der Waals surface area contributed by atoms with Crippen LogP contribution < -0.4 is 10.1 Å². The summed E-state index contributed by atoms with van der Waals surface area (Å²) < 4.78 is 7.67. The summed E-state index contributed by atoms with van der Waals surface area (Å²) in [5.41, 5.74) is 0. The van der Waals surface area contributed by atoms with E-state index in [1.165, 1.54) is 0 Å². The second-order valence-corrected chi connectivity index (χ2v) is 6.19. The first-order chi connectivity index (χ1) is 12.5. The molecule has 0 amide bonds. The summed E-state index contributed by atoms with van der Waals surface area (Å²) in [6, 6.07) is 7.32. The van der Waals surface area contributed by atoms with Crippen LogP contribution >= 0.6 is 35.6 Å². The zero-order valence-electron chi connectivity index (χ0n) is 15.9. The highest BCUT2D eigenvalue weighted by atomic mass is 127. The fraction of sp³-hybridized carbons (Fsp3) is 0.389. The highest BCUT2D eigenvalue weighted by molar-refractivity contribution is 14.0. The fourth-order valence-electron chi connectivity index (χ4n) is 2.15. The van der Waals surface area contributed by atoms with Gasteiger partial charge in [-0.05, 0) is 31.2 Å². The van der Waals surface area contributed by atoms with Crippen LogP contribution in [-0.4, -0.2) is 52.4 Å². The number of aryl methyl sites for hydroxylation is 1. The average molecular weight is 505 g/mol. The number of likely N-dealkylation sites (N-methyl/N-ethyl adjacent to an activating group) is 1. The van der Waals surface area contributed by atoms with Gasteiger partial charge in [0.2, 0.25) is 0 Å². The van der Waals surface area contributed by atoms with Crippen molar-refractivity contribution in [2.24, 2.45) is 12.0 Å². The quantitative estimate of drug-likeness (QED) is 0.259. The second kappa shape index (κ2) is 11.8. The van der Waals surface area contributed by atoms with E-state index in [1.807, 2.05) is 54.8 Å². The Morgan fingerprint density at radius 3 is 2.67 bits per heavy atom. The van der Waals surface area contributed by atoms with Crippen LogP contribution in [0.5, 0.6) is 5.75 Å². The van der Waals surface area contributed by atoms with Crippen LogP contribution in [0.4, 0.5) is 0 Å². The van der Waals surface area contributed by atoms with Gasteiger partial charge in [0, 0.05) is 25.7 Å². The highest BCUT2D eigenvalue weighted by Crippen LogP contribution is 2.15. The number of hydrogen-bond acceptors (Lipinski definition) is 4. The van der Waals surface area contributed by atoms with E-state index in [2.05, 4.69) is 27.1 Å². The summed E-state index contributed by atoms with van der Waals surface area (Å²) in [5.74, 6) is 3.21. The first-order valence-corrected chi connectivity index (χ1v) is 8.72. The van der Waals surface area contributed by atoms with Gasteiger partial charge in [-0.25, -0.2) is 4.99 Å². The van der Waals surface area contributed by atoms with Crippen molar-refractivity contribution in [2.45, 2.75) is 13.5 Å². The van der Waals surface area contributed by atoms with Crippen molar-refractivity contribution in [3.05, 3.63) is 53.6 Å². The number of aromatic nitrogens is 3. The van der Waals surface area contributed by atoms with Crippen LogP contribution in [0.2, 0.25) is 5.02 Å². The minimum Gasteiger partial charge on any atom is -0.492 e. The Bertz CT molecular complexity index is 747. The van der Waals surface area contributed by atoms with E-state index in [0.717, 1.165) is 23.4 Å². The van der Waals surface area contributed by atoms with Gasteiger partial charge in [0.15, 0.2) is 11.8 Å². The first-order valence-electron chi connectivity index (χ1n) is 8.35. The maximum absolute atomic E-state index is 5.88. The molecule has 0 saturated heterocycles. The normalized spacial score (nSPS) is 10.9. The average Bonchev–Trinajstić information content (AvgIpc) is 2.95. The third kappa shape index (κ3) is 7.37. The molecule has 0 radical (unpaired) electrons. The Kier molecular flexibility index (Phi) is 10.2. The number of hydrogen-bond donors (Lipinski definition) is 1. The molecule has 148 valence electrons. The summed E-state index contributed by atoms with van der Waals surface area (Å²) >= 11 is 5.88. The molecule has 0 bridgehead atoms. The van der Waals surface area contributed by atoms with Gasteiger partial charge in [-0.15, -0.1) is 40.8 Å². The Balaban J connectivity index is 0.00000364. The second-order valence-electron chi connectivity index (χ2n) is 5.76. The summed E-state index contributed by atoms with van der Waals surface area (Å²) in [7, 11) is 3.89. The molecule has 1 N–H and O–H groups in total. The van der Waals surface area contributed by atoms with Crippen molar-refractivity contribution in [3.8, 4) is 5.75 Å². The van der Waals surface area contributed by atoms with Crippen molar-refractivity contribution in [1.82, 2.24) is 25.0 Å². The zero-order chi connectivity index (χ0) is 18.9. The molecule has 0 saturated carbocycles. The molecule has 7 nitrogen and oxygen atoms in total. The van der Waals surface area contributed by atoms with Crippen LogP contribution in [0.1, 0.15) is 11.6 Å². The van der Waals surface area contributed by atoms with Crippen LogP contribution in [0.3, 0.4) is 0 Å². The topological polar surface area (TPSA) is 67.6 Å². The lowest BCUT2D eigenvalue weighted by molar-refractivity contribution is 0.281. The van der Waals surface area contributed by atoms with E-state index < -0.39 is 0 Å². The smallest absolute Gasteiger partial charge is 0.194 e. The predicted octanol–water partition coefficient (Wildman–Crippen LogP) is 3.04. The van der Waals surface area contributed by atoms with Crippen molar-refractivity contribution >= 4 is 41.5 Å². The number of rotatable bonds is 8. The minimum atomic E-state index is 0. The Morgan fingerprint density at radius 1 is 1.37 bits per heavy atom. The van der Waals surface area contributed by atoms with Crippen molar-refractivity contribution < 1.29 is 4.74 Å². The number of benzene rings is 1. The van der Waals surface area contributed by atoms with Crippen molar-refractivity contribution in [1.29, 1.82) is 0 Å². The van der Waals surface area contributed by atoms with E-state index in [0.29, 0.717) is 31.3 Å². The lowest BCUT2D eigenvalue weighted by Crippen LogP contribution is -2.41. The van der Waals surface area contributed by atoms with Gasteiger partial charge in [-0.3, -0.25) is 0 Å². The summed E-state index contributed by atoms with van der Waals surface area (Å²) in [5, 5.41) is 12.1. The van der Waals surface area contributed by atoms with E-state index in [9.17, 15) is 0 Å². The summed E-state index contributed by atoms with van der Waals surface area (Å²) in [6.45, 7) is 7.91. The molecule has 0 aliphatic heterocycles. The van der Waals surface area contributed by atoms with E-state index in [-0.39, 0.29) is 24.0 Å². The summed E-state index contributed by atoms with van der Waals surface area (Å²) in [6.07, 6.45) is 1.79. The number of aliphatic imine (C=N–C) groups is 1. The zero-order valence-corrected chi connectivity index (χ0v) is 18.9. The Hall–Kier alpha value is -1.81. The monoisotopic (exact) mass is 504 g/mol. The Morgan fingerprint density at radius 2 is 2.07 bits per heavy atom. The maximum Gasteiger partial charge on any atom is 0.194 e. The van der Waals surface area contributed by atoms with Crippen LogP contribution in [0.15, 0.2) is 41.9 Å². The van der Waals surface area contributed by atoms with E-state index >= 15 is 0 Å². The largest absolute Gasteiger partial charge is 0.492 e. The van der Waals surface area contributed by atoms with E-state index in [1.54, 1.807) is 6.08 Å². The minimum absolute atomic E-state index is 0. The standard InChI is InChI=1S/C18H25ClN6O.HI/c1-5-10-20-18(21-13-17-23-22-14(2)25(17)4)24(3)11-12-26-16-8-6-15(19)7-9-16;/h5-9H,1,10-13H2,2-4H3,(H,20,21);1H. The van der Waals surface area contributed by atoms with Crippen LogP contribution in [0, 0.1) is 6.92 Å². The van der Waals surface area contributed by atoms with Gasteiger partial charge < -0.3 is 19.5 Å². The third-order valence-electron chi connectivity index (χ3n) is 3.83. The molecule has 1 aromatic carbocycles. The maximum atomic E-state index is 5.88. The van der Waals surface area contributed by atoms with Crippen molar-refractivity contribution in [3.63, 3.8) is 0 Å².